The Morgan fingerprint density at radius 3 is 2.74 bits per heavy atom. The lowest BCUT2D eigenvalue weighted by Gasteiger charge is -2.21. The standard InChI is InChI=1S/C14H18ClFN2O/c1-4-18(9-10(2)3)14(19)8-17-13-6-5-11(16)7-12(13)15/h5-7,17H,2,4,8-9H2,1,3H3. The normalized spacial score (nSPS) is 10.1. The Kier molecular flexibility index (Phi) is 5.83. The molecule has 0 aliphatic rings. The zero-order valence-electron chi connectivity index (χ0n) is 11.2. The third-order valence-corrected chi connectivity index (χ3v) is 2.87. The molecule has 0 aromatic heterocycles. The molecule has 0 aliphatic carbocycles. The zero-order chi connectivity index (χ0) is 14.4. The van der Waals surface area contributed by atoms with Crippen molar-refractivity contribution in [2.45, 2.75) is 13.8 Å². The molecule has 1 aromatic rings. The number of carbonyl (C=O) groups is 1. The highest BCUT2D eigenvalue weighted by Gasteiger charge is 2.12. The first kappa shape index (κ1) is 15.5. The molecule has 0 heterocycles. The summed E-state index contributed by atoms with van der Waals surface area (Å²) in [5.41, 5.74) is 1.47. The van der Waals surface area contributed by atoms with Crippen LogP contribution in [0.1, 0.15) is 13.8 Å². The van der Waals surface area contributed by atoms with Gasteiger partial charge in [0, 0.05) is 13.1 Å². The second-order valence-corrected chi connectivity index (χ2v) is 4.75. The molecule has 1 amide bonds. The number of hydrogen-bond acceptors (Lipinski definition) is 2. The molecule has 0 unspecified atom stereocenters. The van der Waals surface area contributed by atoms with Crippen LogP contribution in [0.5, 0.6) is 0 Å². The Hall–Kier alpha value is -1.55. The zero-order valence-corrected chi connectivity index (χ0v) is 11.9. The van der Waals surface area contributed by atoms with Crippen molar-refractivity contribution in [3.8, 4) is 0 Å². The number of hydrogen-bond donors (Lipinski definition) is 1. The van der Waals surface area contributed by atoms with E-state index in [1.807, 2.05) is 13.8 Å². The van der Waals surface area contributed by atoms with Crippen LogP contribution in [0.15, 0.2) is 30.4 Å². The molecule has 0 spiro atoms. The molecular weight excluding hydrogens is 267 g/mol. The first-order valence-corrected chi connectivity index (χ1v) is 6.43. The first-order valence-electron chi connectivity index (χ1n) is 6.05. The molecular formula is C14H18ClFN2O. The van der Waals surface area contributed by atoms with Gasteiger partial charge >= 0.3 is 0 Å². The molecule has 104 valence electrons. The van der Waals surface area contributed by atoms with Crippen LogP contribution < -0.4 is 5.32 Å². The Labute approximate surface area is 118 Å². The third-order valence-electron chi connectivity index (χ3n) is 2.56. The van der Waals surface area contributed by atoms with E-state index in [9.17, 15) is 9.18 Å². The van der Waals surface area contributed by atoms with E-state index in [0.29, 0.717) is 18.8 Å². The Morgan fingerprint density at radius 1 is 1.53 bits per heavy atom. The SMILES string of the molecule is C=C(C)CN(CC)C(=O)CNc1ccc(F)cc1Cl. The largest absolute Gasteiger partial charge is 0.375 e. The van der Waals surface area contributed by atoms with Crippen molar-refractivity contribution in [2.24, 2.45) is 0 Å². The number of halogens is 2. The smallest absolute Gasteiger partial charge is 0.242 e. The molecule has 0 aliphatic heterocycles. The molecule has 0 fully saturated rings. The maximum atomic E-state index is 12.9. The second kappa shape index (κ2) is 7.14. The fourth-order valence-electron chi connectivity index (χ4n) is 1.62. The second-order valence-electron chi connectivity index (χ2n) is 4.34. The van der Waals surface area contributed by atoms with E-state index in [1.54, 1.807) is 4.90 Å². The highest BCUT2D eigenvalue weighted by molar-refractivity contribution is 6.33. The van der Waals surface area contributed by atoms with Gasteiger partial charge in [-0.25, -0.2) is 4.39 Å². The van der Waals surface area contributed by atoms with Gasteiger partial charge < -0.3 is 10.2 Å². The van der Waals surface area contributed by atoms with E-state index >= 15 is 0 Å². The van der Waals surface area contributed by atoms with Crippen LogP contribution in [0.2, 0.25) is 5.02 Å². The molecule has 0 saturated carbocycles. The fraction of sp³-hybridized carbons (Fsp3) is 0.357. The summed E-state index contributed by atoms with van der Waals surface area (Å²) in [5.74, 6) is -0.453. The minimum Gasteiger partial charge on any atom is -0.375 e. The molecule has 5 heteroatoms. The number of benzene rings is 1. The van der Waals surface area contributed by atoms with Gasteiger partial charge in [0.25, 0.3) is 0 Å². The minimum absolute atomic E-state index is 0.0501. The number of nitrogens with one attached hydrogen (secondary N) is 1. The molecule has 0 bridgehead atoms. The van der Waals surface area contributed by atoms with Gasteiger partial charge in [-0.1, -0.05) is 23.8 Å². The number of rotatable bonds is 6. The van der Waals surface area contributed by atoms with Crippen molar-refractivity contribution < 1.29 is 9.18 Å². The molecule has 0 atom stereocenters. The van der Waals surface area contributed by atoms with E-state index in [1.165, 1.54) is 18.2 Å². The lowest BCUT2D eigenvalue weighted by molar-refractivity contribution is -0.128. The summed E-state index contributed by atoms with van der Waals surface area (Å²) >= 11 is 5.87. The van der Waals surface area contributed by atoms with Gasteiger partial charge in [0.05, 0.1) is 17.3 Å². The van der Waals surface area contributed by atoms with Gasteiger partial charge in [-0.15, -0.1) is 0 Å². The van der Waals surface area contributed by atoms with Crippen molar-refractivity contribution in [1.29, 1.82) is 0 Å². The first-order chi connectivity index (χ1) is 8.93. The van der Waals surface area contributed by atoms with Crippen molar-refractivity contribution >= 4 is 23.2 Å². The molecule has 1 aromatic carbocycles. The van der Waals surface area contributed by atoms with E-state index in [2.05, 4.69) is 11.9 Å². The van der Waals surface area contributed by atoms with Crippen molar-refractivity contribution in [1.82, 2.24) is 4.90 Å². The van der Waals surface area contributed by atoms with Gasteiger partial charge in [0.2, 0.25) is 5.91 Å². The number of nitrogens with zero attached hydrogens (tertiary/aromatic N) is 1. The van der Waals surface area contributed by atoms with Crippen molar-refractivity contribution in [3.63, 3.8) is 0 Å². The van der Waals surface area contributed by atoms with Gasteiger partial charge in [0.15, 0.2) is 0 Å². The van der Waals surface area contributed by atoms with Crippen LogP contribution >= 0.6 is 11.6 Å². The summed E-state index contributed by atoms with van der Waals surface area (Å²) in [7, 11) is 0. The van der Waals surface area contributed by atoms with Crippen molar-refractivity contribution in [3.05, 3.63) is 41.2 Å². The van der Waals surface area contributed by atoms with Crippen LogP contribution in [0.25, 0.3) is 0 Å². The molecule has 1 N–H and O–H groups in total. The molecule has 1 rings (SSSR count). The summed E-state index contributed by atoms with van der Waals surface area (Å²) in [4.78, 5) is 13.7. The van der Waals surface area contributed by atoms with E-state index in [0.717, 1.165) is 5.57 Å². The van der Waals surface area contributed by atoms with Gasteiger partial charge in [-0.3, -0.25) is 4.79 Å². The third kappa shape index (κ3) is 4.91. The van der Waals surface area contributed by atoms with Crippen LogP contribution in [-0.4, -0.2) is 30.4 Å². The summed E-state index contributed by atoms with van der Waals surface area (Å²) in [5, 5.41) is 3.17. The van der Waals surface area contributed by atoms with Crippen molar-refractivity contribution in [2.75, 3.05) is 25.0 Å². The number of carbonyl (C=O) groups excluding carboxylic acids is 1. The number of likely N-dealkylation sites (N-methyl/N-ethyl adjacent to an activating group) is 1. The fourth-order valence-corrected chi connectivity index (χ4v) is 1.85. The topological polar surface area (TPSA) is 32.3 Å². The van der Waals surface area contributed by atoms with E-state index in [4.69, 9.17) is 11.6 Å². The Bertz CT molecular complexity index is 477. The average Bonchev–Trinajstić information content (AvgIpc) is 2.34. The molecule has 0 radical (unpaired) electrons. The summed E-state index contributed by atoms with van der Waals surface area (Å²) in [6.07, 6.45) is 0. The lowest BCUT2D eigenvalue weighted by atomic mass is 10.3. The summed E-state index contributed by atoms with van der Waals surface area (Å²) in [6.45, 7) is 8.84. The van der Waals surface area contributed by atoms with Gasteiger partial charge in [0.1, 0.15) is 5.82 Å². The van der Waals surface area contributed by atoms with Gasteiger partial charge in [-0.2, -0.15) is 0 Å². The molecule has 0 saturated heterocycles. The summed E-state index contributed by atoms with van der Waals surface area (Å²) < 4.78 is 12.9. The van der Waals surface area contributed by atoms with Gasteiger partial charge in [-0.05, 0) is 32.0 Å². The van der Waals surface area contributed by atoms with E-state index in [-0.39, 0.29) is 17.5 Å². The monoisotopic (exact) mass is 284 g/mol. The average molecular weight is 285 g/mol. The van der Waals surface area contributed by atoms with E-state index < -0.39 is 5.82 Å². The van der Waals surface area contributed by atoms with Crippen LogP contribution in [-0.2, 0) is 4.79 Å². The predicted octanol–water partition coefficient (Wildman–Crippen LogP) is 3.32. The van der Waals surface area contributed by atoms with Crippen LogP contribution in [0.3, 0.4) is 0 Å². The highest BCUT2D eigenvalue weighted by Crippen LogP contribution is 2.22. The Morgan fingerprint density at radius 2 is 2.21 bits per heavy atom. The highest BCUT2D eigenvalue weighted by atomic mass is 35.5. The van der Waals surface area contributed by atoms with Crippen LogP contribution in [0, 0.1) is 5.82 Å². The van der Waals surface area contributed by atoms with Crippen LogP contribution in [0.4, 0.5) is 10.1 Å². The lowest BCUT2D eigenvalue weighted by Crippen LogP contribution is -2.36. The maximum absolute atomic E-state index is 12.9. The Balaban J connectivity index is 2.60. The summed E-state index contributed by atoms with van der Waals surface area (Å²) in [6, 6.07) is 4.02. The number of amides is 1. The molecule has 19 heavy (non-hydrogen) atoms. The minimum atomic E-state index is -0.403. The molecule has 3 nitrogen and oxygen atoms in total. The quantitative estimate of drug-likeness (QED) is 0.813. The maximum Gasteiger partial charge on any atom is 0.242 e. The predicted molar refractivity (Wildman–Crippen MR) is 77.0 cm³/mol. The number of anilines is 1.